The monoisotopic (exact) mass is 266 g/mol. The van der Waals surface area contributed by atoms with Crippen LogP contribution in [-0.4, -0.2) is 14.7 Å². The van der Waals surface area contributed by atoms with Crippen LogP contribution in [-0.2, 0) is 26.5 Å². The number of aliphatic hydroxyl groups is 1. The average Bonchev–Trinajstić information content (AvgIpc) is 2.82. The Labute approximate surface area is 118 Å². The van der Waals surface area contributed by atoms with Gasteiger partial charge in [0.05, 0.1) is 17.6 Å². The fraction of sp³-hybridized carbons (Fsp3) is 0.235. The summed E-state index contributed by atoms with van der Waals surface area (Å²) < 4.78 is 2.12. The molecule has 0 unspecified atom stereocenters. The number of nitrogens with zero attached hydrogens (tertiary/aromatic N) is 2. The van der Waals surface area contributed by atoms with Gasteiger partial charge in [-0.15, -0.1) is 0 Å². The number of aryl methyl sites for hydroxylation is 3. The van der Waals surface area contributed by atoms with Crippen molar-refractivity contribution >= 4 is 11.0 Å². The molecule has 0 saturated heterocycles. The maximum Gasteiger partial charge on any atom is 0.109 e. The SMILES string of the molecule is Cn1c(CCc2ccccc2)nc2ccc(CO)cc21. The summed E-state index contributed by atoms with van der Waals surface area (Å²) in [5, 5.41) is 9.22. The molecule has 3 rings (SSSR count). The normalized spacial score (nSPS) is 11.1. The van der Waals surface area contributed by atoms with Crippen molar-refractivity contribution in [1.82, 2.24) is 9.55 Å². The molecular formula is C17H18N2O. The minimum absolute atomic E-state index is 0.0699. The number of hydrogen-bond acceptors (Lipinski definition) is 2. The van der Waals surface area contributed by atoms with Gasteiger partial charge in [-0.05, 0) is 29.7 Å². The molecule has 1 heterocycles. The fourth-order valence-electron chi connectivity index (χ4n) is 2.51. The van der Waals surface area contributed by atoms with Gasteiger partial charge in [-0.2, -0.15) is 0 Å². The second-order valence-electron chi connectivity index (χ2n) is 5.05. The first-order valence-electron chi connectivity index (χ1n) is 6.87. The van der Waals surface area contributed by atoms with E-state index < -0.39 is 0 Å². The lowest BCUT2D eigenvalue weighted by molar-refractivity contribution is 0.282. The predicted octanol–water partition coefficient (Wildman–Crippen LogP) is 2.85. The van der Waals surface area contributed by atoms with Crippen molar-refractivity contribution in [3.8, 4) is 0 Å². The molecule has 0 amide bonds. The Balaban J connectivity index is 1.86. The van der Waals surface area contributed by atoms with Gasteiger partial charge in [0.15, 0.2) is 0 Å². The molecule has 1 N–H and O–H groups in total. The van der Waals surface area contributed by atoms with Crippen LogP contribution >= 0.6 is 0 Å². The van der Waals surface area contributed by atoms with E-state index in [0.717, 1.165) is 35.3 Å². The number of aliphatic hydroxyl groups excluding tert-OH is 1. The standard InChI is InChI=1S/C17H18N2O/c1-19-16-11-14(12-20)7-9-15(16)18-17(19)10-8-13-5-3-2-4-6-13/h2-7,9,11,20H,8,10,12H2,1H3. The van der Waals surface area contributed by atoms with E-state index in [4.69, 9.17) is 0 Å². The highest BCUT2D eigenvalue weighted by Gasteiger charge is 2.08. The van der Waals surface area contributed by atoms with Crippen LogP contribution in [0.3, 0.4) is 0 Å². The van der Waals surface area contributed by atoms with Crippen molar-refractivity contribution in [2.45, 2.75) is 19.4 Å². The van der Waals surface area contributed by atoms with Gasteiger partial charge in [0.25, 0.3) is 0 Å². The summed E-state index contributed by atoms with van der Waals surface area (Å²) in [7, 11) is 2.04. The van der Waals surface area contributed by atoms with Gasteiger partial charge in [0, 0.05) is 13.5 Å². The minimum Gasteiger partial charge on any atom is -0.392 e. The molecule has 3 nitrogen and oxygen atoms in total. The van der Waals surface area contributed by atoms with Crippen molar-refractivity contribution < 1.29 is 5.11 Å². The van der Waals surface area contributed by atoms with Crippen LogP contribution in [0.25, 0.3) is 11.0 Å². The summed E-state index contributed by atoms with van der Waals surface area (Å²) in [6.45, 7) is 0.0699. The lowest BCUT2D eigenvalue weighted by Gasteiger charge is -2.03. The summed E-state index contributed by atoms with van der Waals surface area (Å²) in [6.07, 6.45) is 1.91. The van der Waals surface area contributed by atoms with Crippen molar-refractivity contribution in [2.24, 2.45) is 7.05 Å². The van der Waals surface area contributed by atoms with E-state index in [9.17, 15) is 5.11 Å². The zero-order chi connectivity index (χ0) is 13.9. The number of aromatic nitrogens is 2. The summed E-state index contributed by atoms with van der Waals surface area (Å²) in [6, 6.07) is 16.4. The van der Waals surface area contributed by atoms with E-state index in [-0.39, 0.29) is 6.61 Å². The predicted molar refractivity (Wildman–Crippen MR) is 80.5 cm³/mol. The molecule has 0 bridgehead atoms. The molecule has 2 aromatic carbocycles. The zero-order valence-electron chi connectivity index (χ0n) is 11.6. The third kappa shape index (κ3) is 2.45. The maximum absolute atomic E-state index is 9.22. The molecule has 0 saturated carbocycles. The van der Waals surface area contributed by atoms with Crippen molar-refractivity contribution in [1.29, 1.82) is 0 Å². The molecule has 3 aromatic rings. The van der Waals surface area contributed by atoms with Crippen molar-refractivity contribution in [2.75, 3.05) is 0 Å². The van der Waals surface area contributed by atoms with Crippen LogP contribution in [0.2, 0.25) is 0 Å². The van der Waals surface area contributed by atoms with E-state index in [1.54, 1.807) is 0 Å². The molecule has 0 radical (unpaired) electrons. The van der Waals surface area contributed by atoms with E-state index in [0.29, 0.717) is 0 Å². The molecule has 1 aromatic heterocycles. The van der Waals surface area contributed by atoms with E-state index in [2.05, 4.69) is 33.8 Å². The Kier molecular flexibility index (Phi) is 3.52. The molecule has 0 aliphatic rings. The topological polar surface area (TPSA) is 38.0 Å². The zero-order valence-corrected chi connectivity index (χ0v) is 11.6. The lowest BCUT2D eigenvalue weighted by Crippen LogP contribution is -2.00. The molecule has 0 aliphatic carbocycles. The van der Waals surface area contributed by atoms with Crippen LogP contribution in [0.15, 0.2) is 48.5 Å². The second kappa shape index (κ2) is 5.47. The van der Waals surface area contributed by atoms with Gasteiger partial charge in [0.1, 0.15) is 5.82 Å². The second-order valence-corrected chi connectivity index (χ2v) is 5.05. The van der Waals surface area contributed by atoms with Gasteiger partial charge < -0.3 is 9.67 Å². The first-order valence-corrected chi connectivity index (χ1v) is 6.87. The van der Waals surface area contributed by atoms with Gasteiger partial charge in [0.2, 0.25) is 0 Å². The lowest BCUT2D eigenvalue weighted by atomic mass is 10.1. The Morgan fingerprint density at radius 1 is 1.00 bits per heavy atom. The van der Waals surface area contributed by atoms with Crippen LogP contribution in [0, 0.1) is 0 Å². The number of hydrogen-bond donors (Lipinski definition) is 1. The van der Waals surface area contributed by atoms with Crippen LogP contribution in [0.1, 0.15) is 17.0 Å². The van der Waals surface area contributed by atoms with Gasteiger partial charge in [-0.1, -0.05) is 36.4 Å². The summed E-state index contributed by atoms with van der Waals surface area (Å²) in [5.74, 6) is 1.08. The third-order valence-electron chi connectivity index (χ3n) is 3.70. The fourth-order valence-corrected chi connectivity index (χ4v) is 2.51. The Morgan fingerprint density at radius 3 is 2.55 bits per heavy atom. The highest BCUT2D eigenvalue weighted by atomic mass is 16.3. The largest absolute Gasteiger partial charge is 0.392 e. The number of rotatable bonds is 4. The molecule has 0 atom stereocenters. The summed E-state index contributed by atoms with van der Waals surface area (Å²) >= 11 is 0. The number of imidazole rings is 1. The van der Waals surface area contributed by atoms with Crippen LogP contribution in [0.4, 0.5) is 0 Å². The average molecular weight is 266 g/mol. The molecular weight excluding hydrogens is 248 g/mol. The first-order chi connectivity index (χ1) is 9.78. The van der Waals surface area contributed by atoms with Crippen LogP contribution in [0.5, 0.6) is 0 Å². The molecule has 20 heavy (non-hydrogen) atoms. The summed E-state index contributed by atoms with van der Waals surface area (Å²) in [4.78, 5) is 4.68. The smallest absolute Gasteiger partial charge is 0.109 e. The molecule has 0 aliphatic heterocycles. The quantitative estimate of drug-likeness (QED) is 0.788. The highest BCUT2D eigenvalue weighted by Crippen LogP contribution is 2.18. The summed E-state index contributed by atoms with van der Waals surface area (Å²) in [5.41, 5.74) is 4.33. The van der Waals surface area contributed by atoms with Gasteiger partial charge >= 0.3 is 0 Å². The third-order valence-corrected chi connectivity index (χ3v) is 3.70. The highest BCUT2D eigenvalue weighted by molar-refractivity contribution is 5.76. The van der Waals surface area contributed by atoms with Gasteiger partial charge in [-0.25, -0.2) is 4.98 Å². The van der Waals surface area contributed by atoms with E-state index >= 15 is 0 Å². The first kappa shape index (κ1) is 12.9. The molecule has 102 valence electrons. The van der Waals surface area contributed by atoms with E-state index in [1.165, 1.54) is 5.56 Å². The van der Waals surface area contributed by atoms with Crippen molar-refractivity contribution in [3.05, 3.63) is 65.5 Å². The van der Waals surface area contributed by atoms with E-state index in [1.807, 2.05) is 31.3 Å². The molecule has 3 heteroatoms. The van der Waals surface area contributed by atoms with Crippen LogP contribution < -0.4 is 0 Å². The molecule has 0 spiro atoms. The number of fused-ring (bicyclic) bond motifs is 1. The van der Waals surface area contributed by atoms with Crippen molar-refractivity contribution in [3.63, 3.8) is 0 Å². The Hall–Kier alpha value is -2.13. The Morgan fingerprint density at radius 2 is 1.80 bits per heavy atom. The maximum atomic E-state index is 9.22. The minimum atomic E-state index is 0.0699. The number of benzene rings is 2. The Bertz CT molecular complexity index is 716. The van der Waals surface area contributed by atoms with Gasteiger partial charge in [-0.3, -0.25) is 0 Å². The molecule has 0 fully saturated rings.